The fraction of sp³-hybridized carbons (Fsp3) is 0.417. The van der Waals surface area contributed by atoms with Crippen LogP contribution in [0.5, 0.6) is 0 Å². The normalized spacial score (nSPS) is 21.2. The molecule has 5 heteroatoms. The molecule has 1 aliphatic rings. The van der Waals surface area contributed by atoms with Gasteiger partial charge in [-0.2, -0.15) is 0 Å². The molecule has 1 fully saturated rings. The van der Waals surface area contributed by atoms with Crippen LogP contribution in [-0.2, 0) is 55.3 Å². The number of nitrogens with zero attached hydrogens (tertiary/aromatic N) is 1. The van der Waals surface area contributed by atoms with Gasteiger partial charge in [-0.3, -0.25) is 9.59 Å². The second-order valence-corrected chi connectivity index (χ2v) is 8.38. The molecule has 1 heterocycles. The number of amides is 1. The molecule has 1 amide bonds. The summed E-state index contributed by atoms with van der Waals surface area (Å²) in [5.74, 6) is -0.152. The SMILES string of the molecule is Cc1cccc(C)c1CC(=O)C[N+]1(Cc2ccccc2)CCCC(C(N)=O)C1.[Y]. The number of hydrogen-bond donors (Lipinski definition) is 1. The van der Waals surface area contributed by atoms with Crippen molar-refractivity contribution in [1.29, 1.82) is 0 Å². The number of carbonyl (C=O) groups is 2. The first kappa shape index (κ1) is 23.9. The number of benzene rings is 2. The van der Waals surface area contributed by atoms with Crippen LogP contribution < -0.4 is 5.73 Å². The van der Waals surface area contributed by atoms with Gasteiger partial charge in [0.1, 0.15) is 13.1 Å². The minimum absolute atomic E-state index is 0. The molecule has 151 valence electrons. The van der Waals surface area contributed by atoms with Gasteiger partial charge in [0, 0.05) is 44.7 Å². The van der Waals surface area contributed by atoms with Crippen LogP contribution in [0.3, 0.4) is 0 Å². The Morgan fingerprint density at radius 3 is 2.31 bits per heavy atom. The van der Waals surface area contributed by atoms with Crippen LogP contribution in [-0.4, -0.2) is 35.8 Å². The van der Waals surface area contributed by atoms with Crippen LogP contribution in [0.1, 0.15) is 35.1 Å². The summed E-state index contributed by atoms with van der Waals surface area (Å²) in [5.41, 5.74) is 10.3. The van der Waals surface area contributed by atoms with Crippen molar-refractivity contribution in [3.05, 3.63) is 70.8 Å². The number of carbonyl (C=O) groups excluding carboxylic acids is 2. The van der Waals surface area contributed by atoms with Crippen LogP contribution in [0.25, 0.3) is 0 Å². The molecule has 0 aliphatic carbocycles. The van der Waals surface area contributed by atoms with Crippen molar-refractivity contribution in [3.63, 3.8) is 0 Å². The van der Waals surface area contributed by atoms with Gasteiger partial charge in [-0.25, -0.2) is 0 Å². The van der Waals surface area contributed by atoms with E-state index in [1.807, 2.05) is 24.3 Å². The monoisotopic (exact) mass is 468 g/mol. The third-order valence-corrected chi connectivity index (χ3v) is 6.09. The molecule has 0 aromatic heterocycles. The van der Waals surface area contributed by atoms with E-state index in [1.165, 1.54) is 5.56 Å². The molecule has 0 spiro atoms. The smallest absolute Gasteiger partial charge is 0.226 e. The minimum atomic E-state index is -0.238. The predicted octanol–water partition coefficient (Wildman–Crippen LogP) is 3.32. The van der Waals surface area contributed by atoms with Gasteiger partial charge in [0.2, 0.25) is 5.91 Å². The van der Waals surface area contributed by atoms with Gasteiger partial charge in [-0.05, 0) is 43.4 Å². The number of likely N-dealkylation sites (tertiary alicyclic amines) is 1. The number of aryl methyl sites for hydroxylation is 2. The number of hydrogen-bond acceptors (Lipinski definition) is 2. The zero-order chi connectivity index (χ0) is 20.1. The maximum absolute atomic E-state index is 13.1. The van der Waals surface area contributed by atoms with Crippen molar-refractivity contribution in [2.45, 2.75) is 39.7 Å². The molecule has 3 rings (SSSR count). The van der Waals surface area contributed by atoms with Crippen molar-refractivity contribution in [3.8, 4) is 0 Å². The Hall–Kier alpha value is -1.36. The van der Waals surface area contributed by atoms with Crippen LogP contribution in [0.4, 0.5) is 0 Å². The largest absolute Gasteiger partial charge is 0.369 e. The van der Waals surface area contributed by atoms with Crippen molar-refractivity contribution in [2.24, 2.45) is 11.7 Å². The van der Waals surface area contributed by atoms with E-state index >= 15 is 0 Å². The molecule has 2 aromatic carbocycles. The Morgan fingerprint density at radius 1 is 1.03 bits per heavy atom. The van der Waals surface area contributed by atoms with Gasteiger partial charge in [0.05, 0.1) is 19.0 Å². The number of ketones is 1. The van der Waals surface area contributed by atoms with E-state index in [0.29, 0.717) is 24.0 Å². The molecule has 4 nitrogen and oxygen atoms in total. The number of primary amides is 1. The van der Waals surface area contributed by atoms with Gasteiger partial charge in [-0.15, -0.1) is 0 Å². The second-order valence-electron chi connectivity index (χ2n) is 8.38. The Bertz CT molecular complexity index is 833. The van der Waals surface area contributed by atoms with E-state index in [2.05, 4.69) is 38.1 Å². The van der Waals surface area contributed by atoms with Gasteiger partial charge in [0.15, 0.2) is 5.78 Å². The Kier molecular flexibility index (Phi) is 8.75. The molecule has 0 saturated carbocycles. The Morgan fingerprint density at radius 2 is 1.69 bits per heavy atom. The van der Waals surface area contributed by atoms with E-state index in [4.69, 9.17) is 5.73 Å². The molecule has 1 radical (unpaired) electrons. The molecular weight excluding hydrogens is 437 g/mol. The van der Waals surface area contributed by atoms with Crippen LogP contribution in [0.2, 0.25) is 0 Å². The van der Waals surface area contributed by atoms with Crippen LogP contribution in [0.15, 0.2) is 48.5 Å². The minimum Gasteiger partial charge on any atom is -0.369 e. The van der Waals surface area contributed by atoms with Gasteiger partial charge in [0.25, 0.3) is 0 Å². The van der Waals surface area contributed by atoms with Crippen molar-refractivity contribution >= 4 is 11.7 Å². The quantitative estimate of drug-likeness (QED) is 0.634. The van der Waals surface area contributed by atoms with E-state index < -0.39 is 0 Å². The average Bonchev–Trinajstić information content (AvgIpc) is 2.65. The Balaban J connectivity index is 0.00000300. The van der Waals surface area contributed by atoms with E-state index in [0.717, 1.165) is 42.6 Å². The second kappa shape index (κ2) is 10.6. The molecule has 1 aliphatic heterocycles. The first-order valence-corrected chi connectivity index (χ1v) is 10.1. The zero-order valence-corrected chi connectivity index (χ0v) is 20.4. The third-order valence-electron chi connectivity index (χ3n) is 6.09. The van der Waals surface area contributed by atoms with E-state index in [9.17, 15) is 9.59 Å². The number of Topliss-reactive ketones (excluding diaryl/α,β-unsaturated/α-hetero) is 1. The van der Waals surface area contributed by atoms with Gasteiger partial charge in [-0.1, -0.05) is 48.5 Å². The maximum Gasteiger partial charge on any atom is 0.226 e. The molecule has 2 unspecified atom stereocenters. The first-order valence-electron chi connectivity index (χ1n) is 10.1. The van der Waals surface area contributed by atoms with E-state index in [-0.39, 0.29) is 50.3 Å². The topological polar surface area (TPSA) is 60.2 Å². The molecule has 2 atom stereocenters. The number of nitrogens with two attached hydrogens (primary N) is 1. The maximum atomic E-state index is 13.1. The molecular formula is C24H31N2O2Y+. The average molecular weight is 468 g/mol. The Labute approximate surface area is 199 Å². The van der Waals surface area contributed by atoms with Crippen molar-refractivity contribution in [2.75, 3.05) is 19.6 Å². The van der Waals surface area contributed by atoms with Gasteiger partial charge < -0.3 is 10.2 Å². The molecule has 29 heavy (non-hydrogen) atoms. The van der Waals surface area contributed by atoms with Gasteiger partial charge >= 0.3 is 0 Å². The summed E-state index contributed by atoms with van der Waals surface area (Å²) in [6, 6.07) is 16.4. The summed E-state index contributed by atoms with van der Waals surface area (Å²) in [5, 5.41) is 0. The summed E-state index contributed by atoms with van der Waals surface area (Å²) in [6.45, 7) is 6.91. The molecule has 2 aromatic rings. The number of rotatable bonds is 7. The summed E-state index contributed by atoms with van der Waals surface area (Å²) in [6.07, 6.45) is 2.21. The van der Waals surface area contributed by atoms with E-state index in [1.54, 1.807) is 0 Å². The van der Waals surface area contributed by atoms with Crippen LogP contribution >= 0.6 is 0 Å². The van der Waals surface area contributed by atoms with Crippen LogP contribution in [0, 0.1) is 19.8 Å². The zero-order valence-electron chi connectivity index (χ0n) is 17.6. The first-order chi connectivity index (χ1) is 13.4. The summed E-state index contributed by atoms with van der Waals surface area (Å²) in [7, 11) is 0. The molecule has 0 bridgehead atoms. The summed E-state index contributed by atoms with van der Waals surface area (Å²) < 4.78 is 0.626. The fourth-order valence-corrected chi connectivity index (χ4v) is 4.62. The fourth-order valence-electron chi connectivity index (χ4n) is 4.62. The third kappa shape index (κ3) is 6.31. The predicted molar refractivity (Wildman–Crippen MR) is 112 cm³/mol. The summed E-state index contributed by atoms with van der Waals surface area (Å²) >= 11 is 0. The van der Waals surface area contributed by atoms with Crippen molar-refractivity contribution < 1.29 is 46.8 Å². The number of piperidine rings is 1. The molecule has 1 saturated heterocycles. The molecule has 2 N–H and O–H groups in total. The standard InChI is InChI=1S/C24H30N2O2.Y/c1-18-8-6-9-19(2)23(18)14-22(27)17-26(15-20-10-4-3-5-11-20)13-7-12-21(16-26)24(25)28;/h3-6,8-11,21H,7,12-17H2,1-2H3,(H-,25,28);/p+1. The number of quaternary nitrogens is 1. The summed E-state index contributed by atoms with van der Waals surface area (Å²) in [4.78, 5) is 25.0. The van der Waals surface area contributed by atoms with Crippen molar-refractivity contribution in [1.82, 2.24) is 0 Å².